The van der Waals surface area contributed by atoms with Crippen molar-refractivity contribution in [2.45, 2.75) is 29.1 Å². The van der Waals surface area contributed by atoms with E-state index in [0.29, 0.717) is 12.8 Å². The monoisotopic (exact) mass is 446 g/mol. The summed E-state index contributed by atoms with van der Waals surface area (Å²) in [6.07, 6.45) is -0.516. The van der Waals surface area contributed by atoms with Crippen LogP contribution in [0.15, 0.2) is 40.1 Å². The van der Waals surface area contributed by atoms with Crippen LogP contribution in [0.3, 0.4) is 0 Å². The molecule has 1 saturated carbocycles. The molecule has 0 amide bonds. The topological polar surface area (TPSA) is 85.3 Å². The van der Waals surface area contributed by atoms with Gasteiger partial charge in [0.15, 0.2) is 25.5 Å². The van der Waals surface area contributed by atoms with Gasteiger partial charge in [-0.1, -0.05) is 6.07 Å². The van der Waals surface area contributed by atoms with Crippen LogP contribution >= 0.6 is 0 Å². The van der Waals surface area contributed by atoms with Crippen molar-refractivity contribution in [2.24, 2.45) is 5.92 Å². The molecule has 0 radical (unpaired) electrons. The number of rotatable bonds is 6. The van der Waals surface area contributed by atoms with Crippen LogP contribution < -0.4 is 0 Å². The third-order valence-electron chi connectivity index (χ3n) is 4.64. The normalized spacial score (nSPS) is 15.0. The molecule has 0 aromatic heterocycles. The highest BCUT2D eigenvalue weighted by molar-refractivity contribution is 7.91. The number of halogens is 3. The third kappa shape index (κ3) is 4.23. The van der Waals surface area contributed by atoms with E-state index in [1.165, 1.54) is 0 Å². The first-order valence-corrected chi connectivity index (χ1v) is 12.3. The first-order chi connectivity index (χ1) is 13.3. The fourth-order valence-corrected chi connectivity index (χ4v) is 4.95. The molecule has 0 unspecified atom stereocenters. The quantitative estimate of drug-likeness (QED) is 0.497. The van der Waals surface area contributed by atoms with Crippen molar-refractivity contribution < 1.29 is 34.8 Å². The molecule has 5 nitrogen and oxygen atoms in total. The smallest absolute Gasteiger partial charge is 0.265 e. The summed E-state index contributed by atoms with van der Waals surface area (Å²) < 4.78 is 89.9. The zero-order valence-electron chi connectivity index (χ0n) is 15.4. The molecule has 10 heteroatoms. The van der Waals surface area contributed by atoms with Crippen molar-refractivity contribution in [1.82, 2.24) is 0 Å². The average Bonchev–Trinajstić information content (AvgIpc) is 3.43. The van der Waals surface area contributed by atoms with Crippen molar-refractivity contribution in [1.29, 1.82) is 0 Å². The summed E-state index contributed by atoms with van der Waals surface area (Å²) in [4.78, 5) is 11.7. The highest BCUT2D eigenvalue weighted by Gasteiger charge is 2.36. The maximum atomic E-state index is 14.6. The number of hydrogen-bond acceptors (Lipinski definition) is 5. The van der Waals surface area contributed by atoms with Gasteiger partial charge in [-0.2, -0.15) is 0 Å². The Bertz CT molecular complexity index is 1210. The summed E-state index contributed by atoms with van der Waals surface area (Å²) in [6, 6.07) is 4.64. The van der Waals surface area contributed by atoms with Gasteiger partial charge in [0, 0.05) is 29.6 Å². The summed E-state index contributed by atoms with van der Waals surface area (Å²) in [5.74, 6) is -2.02. The van der Waals surface area contributed by atoms with Gasteiger partial charge in [-0.15, -0.1) is 0 Å². The van der Waals surface area contributed by atoms with E-state index in [1.54, 1.807) is 0 Å². The number of hydrogen-bond donors (Lipinski definition) is 0. The zero-order valence-corrected chi connectivity index (χ0v) is 17.1. The Hall–Kier alpha value is -2.20. The van der Waals surface area contributed by atoms with Gasteiger partial charge in [0.05, 0.1) is 15.4 Å². The highest BCUT2D eigenvalue weighted by Crippen LogP contribution is 2.41. The lowest BCUT2D eigenvalue weighted by atomic mass is 9.93. The van der Waals surface area contributed by atoms with Gasteiger partial charge in [0.2, 0.25) is 0 Å². The molecule has 1 fully saturated rings. The van der Waals surface area contributed by atoms with Crippen molar-refractivity contribution in [2.75, 3.05) is 12.5 Å². The number of carbonyl (C=O) groups is 1. The van der Waals surface area contributed by atoms with Crippen LogP contribution in [0.25, 0.3) is 11.1 Å². The summed E-state index contributed by atoms with van der Waals surface area (Å²) in [6.45, 7) is 0. The van der Waals surface area contributed by atoms with Crippen LogP contribution in [0, 0.1) is 11.7 Å². The summed E-state index contributed by atoms with van der Waals surface area (Å²) in [7, 11) is -7.95. The molecule has 2 aromatic carbocycles. The van der Waals surface area contributed by atoms with Gasteiger partial charge >= 0.3 is 0 Å². The van der Waals surface area contributed by atoms with E-state index < -0.39 is 64.5 Å². The molecule has 0 saturated heterocycles. The van der Waals surface area contributed by atoms with Crippen LogP contribution in [0.4, 0.5) is 13.2 Å². The molecule has 156 valence electrons. The summed E-state index contributed by atoms with van der Waals surface area (Å²) in [5, 5.41) is 0. The fourth-order valence-electron chi connectivity index (χ4n) is 3.16. The van der Waals surface area contributed by atoms with Crippen LogP contribution in [0.1, 0.15) is 35.2 Å². The molecule has 29 heavy (non-hydrogen) atoms. The Labute approximate surface area is 166 Å². The third-order valence-corrected chi connectivity index (χ3v) is 6.95. The Morgan fingerprint density at radius 3 is 2.00 bits per heavy atom. The van der Waals surface area contributed by atoms with E-state index in [-0.39, 0.29) is 11.1 Å². The summed E-state index contributed by atoms with van der Waals surface area (Å²) >= 11 is 0. The standard InChI is InChI=1S/C19H17F3O5S2/c1-28(24,25)14-7-5-11(9-12(14)19(21)22)16-15(29(2,26)27)8-6-13(20)17(16)18(23)10-3-4-10/h5-10,19H,3-4H2,1-2H3. The molecule has 0 heterocycles. The minimum absolute atomic E-state index is 0.170. The first kappa shape index (κ1) is 21.5. The Morgan fingerprint density at radius 1 is 0.966 bits per heavy atom. The summed E-state index contributed by atoms with van der Waals surface area (Å²) in [5.41, 5.74) is -1.83. The lowest BCUT2D eigenvalue weighted by Crippen LogP contribution is -2.12. The number of alkyl halides is 2. The molecular formula is C19H17F3O5S2. The molecule has 3 rings (SSSR count). The molecule has 1 aliphatic rings. The average molecular weight is 446 g/mol. The SMILES string of the molecule is CS(=O)(=O)c1ccc(-c2c(S(C)(=O)=O)ccc(F)c2C(=O)C2CC2)cc1C(F)F. The van der Waals surface area contributed by atoms with Crippen LogP contribution in [0.2, 0.25) is 0 Å². The Morgan fingerprint density at radius 2 is 1.52 bits per heavy atom. The molecule has 0 spiro atoms. The molecule has 0 bridgehead atoms. The van der Waals surface area contributed by atoms with Gasteiger partial charge < -0.3 is 0 Å². The van der Waals surface area contributed by atoms with Crippen molar-refractivity contribution >= 4 is 25.5 Å². The van der Waals surface area contributed by atoms with Crippen molar-refractivity contribution in [3.05, 3.63) is 47.3 Å². The number of sulfone groups is 2. The van der Waals surface area contributed by atoms with Crippen LogP contribution in [0.5, 0.6) is 0 Å². The number of ketones is 1. The second kappa shape index (κ2) is 7.24. The molecule has 0 atom stereocenters. The minimum Gasteiger partial charge on any atom is -0.294 e. The largest absolute Gasteiger partial charge is 0.294 e. The molecule has 1 aliphatic carbocycles. The molecule has 2 aromatic rings. The highest BCUT2D eigenvalue weighted by atomic mass is 32.2. The van der Waals surface area contributed by atoms with Gasteiger partial charge in [-0.05, 0) is 42.7 Å². The molecule has 0 N–H and O–H groups in total. The van der Waals surface area contributed by atoms with E-state index in [2.05, 4.69) is 0 Å². The van der Waals surface area contributed by atoms with Crippen LogP contribution in [-0.2, 0) is 19.7 Å². The lowest BCUT2D eigenvalue weighted by Gasteiger charge is -2.16. The first-order valence-electron chi connectivity index (χ1n) is 8.51. The van der Waals surface area contributed by atoms with Gasteiger partial charge in [-0.25, -0.2) is 30.0 Å². The number of benzene rings is 2. The lowest BCUT2D eigenvalue weighted by molar-refractivity contribution is 0.0964. The van der Waals surface area contributed by atoms with Crippen molar-refractivity contribution in [3.63, 3.8) is 0 Å². The van der Waals surface area contributed by atoms with Crippen LogP contribution in [-0.4, -0.2) is 35.1 Å². The number of Topliss-reactive ketones (excluding diaryl/α,β-unsaturated/α-hetero) is 1. The maximum absolute atomic E-state index is 14.6. The predicted molar refractivity (Wildman–Crippen MR) is 100 cm³/mol. The zero-order chi connectivity index (χ0) is 21.7. The Kier molecular flexibility index (Phi) is 5.37. The predicted octanol–water partition coefficient (Wildman–Crippen LogP) is 3.83. The van der Waals surface area contributed by atoms with E-state index >= 15 is 0 Å². The fraction of sp³-hybridized carbons (Fsp3) is 0.316. The van der Waals surface area contributed by atoms with Crippen molar-refractivity contribution in [3.8, 4) is 11.1 Å². The number of carbonyl (C=O) groups excluding carboxylic acids is 1. The van der Waals surface area contributed by atoms with Gasteiger partial charge in [0.25, 0.3) is 6.43 Å². The van der Waals surface area contributed by atoms with Gasteiger partial charge in [-0.3, -0.25) is 4.79 Å². The van der Waals surface area contributed by atoms with E-state index in [4.69, 9.17) is 0 Å². The maximum Gasteiger partial charge on any atom is 0.265 e. The second-order valence-electron chi connectivity index (χ2n) is 7.03. The minimum atomic E-state index is -3.99. The van der Waals surface area contributed by atoms with E-state index in [0.717, 1.165) is 42.8 Å². The Balaban J connectivity index is 2.39. The molecule has 0 aliphatic heterocycles. The van der Waals surface area contributed by atoms with E-state index in [1.807, 2.05) is 0 Å². The second-order valence-corrected chi connectivity index (χ2v) is 11.0. The van der Waals surface area contributed by atoms with Gasteiger partial charge in [0.1, 0.15) is 5.82 Å². The molecular weight excluding hydrogens is 429 g/mol. The van der Waals surface area contributed by atoms with E-state index in [9.17, 15) is 34.8 Å².